The number of aliphatic hydroxyl groups is 2. The van der Waals surface area contributed by atoms with Crippen LogP contribution < -0.4 is 0 Å². The first-order chi connectivity index (χ1) is 13.4. The fraction of sp³-hybridized carbons (Fsp3) is 0.952. The molecule has 1 rings (SSSR count). The van der Waals surface area contributed by atoms with Crippen LogP contribution in [0.5, 0.6) is 0 Å². The number of carboxylic acid groups (broad SMARTS) is 1. The van der Waals surface area contributed by atoms with E-state index in [1.165, 1.54) is 0 Å². The highest BCUT2D eigenvalue weighted by Gasteiger charge is 2.37. The van der Waals surface area contributed by atoms with Gasteiger partial charge in [0.1, 0.15) is 0 Å². The first-order valence-electron chi connectivity index (χ1n) is 10.7. The predicted octanol–water partition coefficient (Wildman–Crippen LogP) is 5.40. The molecule has 4 atom stereocenters. The van der Waals surface area contributed by atoms with E-state index in [2.05, 4.69) is 0 Å². The van der Waals surface area contributed by atoms with Gasteiger partial charge in [0.05, 0.1) is 12.2 Å². The first-order valence-corrected chi connectivity index (χ1v) is 11.7. The van der Waals surface area contributed by atoms with Crippen LogP contribution in [0.1, 0.15) is 84.5 Å². The zero-order valence-electron chi connectivity index (χ0n) is 17.6. The minimum Gasteiger partial charge on any atom is -0.481 e. The fourth-order valence-electron chi connectivity index (χ4n) is 3.96. The molecule has 0 heterocycles. The van der Waals surface area contributed by atoms with Crippen molar-refractivity contribution in [3.05, 3.63) is 0 Å². The van der Waals surface area contributed by atoms with Gasteiger partial charge in [-0.2, -0.15) is 24.9 Å². The van der Waals surface area contributed by atoms with Crippen LogP contribution in [0.2, 0.25) is 0 Å². The Morgan fingerprint density at radius 1 is 1.07 bits per heavy atom. The molecule has 172 valence electrons. The number of unbranched alkanes of at least 4 members (excludes halogenated alkanes) is 3. The normalized spacial score (nSPS) is 24.0. The van der Waals surface area contributed by atoms with Crippen LogP contribution >= 0.6 is 11.8 Å². The number of halogens is 3. The Bertz CT molecular complexity index is 485. The quantitative estimate of drug-likeness (QED) is 0.314. The van der Waals surface area contributed by atoms with Gasteiger partial charge in [0, 0.05) is 23.8 Å². The second kappa shape index (κ2) is 12.4. The molecule has 4 unspecified atom stereocenters. The number of carbonyl (C=O) groups is 1. The average molecular weight is 443 g/mol. The topological polar surface area (TPSA) is 77.8 Å². The lowest BCUT2D eigenvalue weighted by molar-refractivity contribution is -0.138. The second-order valence-corrected chi connectivity index (χ2v) is 10.3. The van der Waals surface area contributed by atoms with Gasteiger partial charge in [0.15, 0.2) is 0 Å². The largest absolute Gasteiger partial charge is 0.481 e. The third-order valence-corrected chi connectivity index (χ3v) is 7.57. The van der Waals surface area contributed by atoms with Crippen LogP contribution in [0.25, 0.3) is 0 Å². The van der Waals surface area contributed by atoms with Gasteiger partial charge >= 0.3 is 12.1 Å². The monoisotopic (exact) mass is 442 g/mol. The summed E-state index contributed by atoms with van der Waals surface area (Å²) in [5.74, 6) is -0.140. The maximum absolute atomic E-state index is 12.4. The number of carboxylic acids is 1. The molecule has 0 saturated heterocycles. The summed E-state index contributed by atoms with van der Waals surface area (Å²) < 4.78 is 37.1. The van der Waals surface area contributed by atoms with Crippen molar-refractivity contribution < 1.29 is 33.3 Å². The smallest absolute Gasteiger partial charge is 0.389 e. The van der Waals surface area contributed by atoms with E-state index in [1.54, 1.807) is 11.8 Å². The highest BCUT2D eigenvalue weighted by Crippen LogP contribution is 2.40. The molecule has 0 radical (unpaired) electrons. The lowest BCUT2D eigenvalue weighted by Crippen LogP contribution is -2.33. The highest BCUT2D eigenvalue weighted by molar-refractivity contribution is 7.99. The highest BCUT2D eigenvalue weighted by atomic mass is 32.2. The number of hydrogen-bond acceptors (Lipinski definition) is 4. The number of hydrogen-bond donors (Lipinski definition) is 3. The summed E-state index contributed by atoms with van der Waals surface area (Å²) in [7, 11) is 0. The lowest BCUT2D eigenvalue weighted by Gasteiger charge is -2.32. The van der Waals surface area contributed by atoms with Crippen LogP contribution in [0, 0.1) is 11.3 Å². The van der Waals surface area contributed by atoms with Gasteiger partial charge in [0.25, 0.3) is 0 Å². The molecule has 1 aliphatic rings. The van der Waals surface area contributed by atoms with E-state index in [0.29, 0.717) is 18.6 Å². The molecular weight excluding hydrogens is 405 g/mol. The van der Waals surface area contributed by atoms with E-state index in [-0.39, 0.29) is 30.1 Å². The first kappa shape index (κ1) is 26.6. The van der Waals surface area contributed by atoms with Crippen LogP contribution in [-0.2, 0) is 4.79 Å². The Hall–Kier alpha value is -0.470. The van der Waals surface area contributed by atoms with Gasteiger partial charge < -0.3 is 15.3 Å². The molecule has 0 aromatic carbocycles. The van der Waals surface area contributed by atoms with Crippen molar-refractivity contribution in [2.45, 2.75) is 108 Å². The predicted molar refractivity (Wildman–Crippen MR) is 110 cm³/mol. The molecule has 0 aromatic rings. The van der Waals surface area contributed by atoms with Crippen molar-refractivity contribution in [2.75, 3.05) is 5.75 Å². The summed E-state index contributed by atoms with van der Waals surface area (Å²) in [4.78, 5) is 10.5. The Kier molecular flexibility index (Phi) is 11.4. The number of rotatable bonds is 14. The summed E-state index contributed by atoms with van der Waals surface area (Å²) in [6, 6.07) is 0. The van der Waals surface area contributed by atoms with Gasteiger partial charge in [-0.25, -0.2) is 0 Å². The van der Waals surface area contributed by atoms with Gasteiger partial charge in [-0.3, -0.25) is 4.79 Å². The molecule has 1 saturated carbocycles. The Morgan fingerprint density at radius 3 is 2.34 bits per heavy atom. The van der Waals surface area contributed by atoms with E-state index < -0.39 is 30.1 Å². The van der Waals surface area contributed by atoms with Gasteiger partial charge in [-0.1, -0.05) is 33.1 Å². The summed E-state index contributed by atoms with van der Waals surface area (Å²) in [6.45, 7) is 3.62. The SMILES string of the molecule is CC(C)(CCCC(F)(F)F)C(O)CSC1CCC(O)C1CCCCCCC(=O)O. The number of aliphatic hydroxyl groups excluding tert-OH is 2. The van der Waals surface area contributed by atoms with Crippen LogP contribution in [0.3, 0.4) is 0 Å². The minimum atomic E-state index is -4.16. The average Bonchev–Trinajstić information content (AvgIpc) is 2.94. The summed E-state index contributed by atoms with van der Waals surface area (Å²) >= 11 is 1.63. The second-order valence-electron chi connectivity index (χ2n) is 9.00. The molecule has 1 fully saturated rings. The zero-order chi connectivity index (χ0) is 22.1. The molecule has 8 heteroatoms. The third kappa shape index (κ3) is 10.9. The number of alkyl halides is 3. The van der Waals surface area contributed by atoms with Crippen molar-refractivity contribution in [1.82, 2.24) is 0 Å². The Morgan fingerprint density at radius 2 is 1.72 bits per heavy atom. The van der Waals surface area contributed by atoms with Gasteiger partial charge in [-0.15, -0.1) is 0 Å². The molecule has 29 heavy (non-hydrogen) atoms. The van der Waals surface area contributed by atoms with Crippen molar-refractivity contribution >= 4 is 17.7 Å². The van der Waals surface area contributed by atoms with Crippen molar-refractivity contribution in [1.29, 1.82) is 0 Å². The molecule has 1 aliphatic carbocycles. The fourth-order valence-corrected chi connectivity index (χ4v) is 5.71. The van der Waals surface area contributed by atoms with Crippen LogP contribution in [0.15, 0.2) is 0 Å². The van der Waals surface area contributed by atoms with Crippen molar-refractivity contribution in [3.8, 4) is 0 Å². The van der Waals surface area contributed by atoms with Crippen molar-refractivity contribution in [2.24, 2.45) is 11.3 Å². The molecule has 0 aromatic heterocycles. The molecule has 4 nitrogen and oxygen atoms in total. The maximum Gasteiger partial charge on any atom is 0.389 e. The number of thioether (sulfide) groups is 1. The van der Waals surface area contributed by atoms with E-state index in [1.807, 2.05) is 13.8 Å². The Labute approximate surface area is 176 Å². The molecule has 0 amide bonds. The molecule has 0 spiro atoms. The zero-order valence-corrected chi connectivity index (χ0v) is 18.4. The summed E-state index contributed by atoms with van der Waals surface area (Å²) in [6.07, 6.45) is 0.489. The Balaban J connectivity index is 2.35. The van der Waals surface area contributed by atoms with E-state index in [9.17, 15) is 28.2 Å². The molecule has 0 bridgehead atoms. The molecule has 3 N–H and O–H groups in total. The lowest BCUT2D eigenvalue weighted by atomic mass is 9.82. The van der Waals surface area contributed by atoms with E-state index >= 15 is 0 Å². The maximum atomic E-state index is 12.4. The molecular formula is C21H37F3O4S. The summed E-state index contributed by atoms with van der Waals surface area (Å²) in [5, 5.41) is 29.7. The van der Waals surface area contributed by atoms with E-state index in [4.69, 9.17) is 5.11 Å². The van der Waals surface area contributed by atoms with Gasteiger partial charge in [-0.05, 0) is 49.9 Å². The molecule has 0 aliphatic heterocycles. The summed E-state index contributed by atoms with van der Waals surface area (Å²) in [5.41, 5.74) is -0.574. The van der Waals surface area contributed by atoms with Crippen LogP contribution in [0.4, 0.5) is 13.2 Å². The standard InChI is InChI=1S/C21H37F3O4S/c1-20(2,12-7-13-21(22,23)24)18(26)14-29-17-11-10-16(25)15(17)8-5-3-4-6-9-19(27)28/h15-18,25-26H,3-14H2,1-2H3,(H,27,28). The van der Waals surface area contributed by atoms with E-state index in [0.717, 1.165) is 38.5 Å². The van der Waals surface area contributed by atoms with Gasteiger partial charge in [0.2, 0.25) is 0 Å². The minimum absolute atomic E-state index is 0.0187. The third-order valence-electron chi connectivity index (χ3n) is 6.05. The number of aliphatic carboxylic acids is 1. The van der Waals surface area contributed by atoms with Crippen molar-refractivity contribution in [3.63, 3.8) is 0 Å². The van der Waals surface area contributed by atoms with Crippen LogP contribution in [-0.4, -0.2) is 50.7 Å².